The second-order valence-corrected chi connectivity index (χ2v) is 6.06. The molecule has 1 unspecified atom stereocenters. The highest BCUT2D eigenvalue weighted by molar-refractivity contribution is 5.43. The number of hydrogen-bond acceptors (Lipinski definition) is 3. The Morgan fingerprint density at radius 3 is 2.67 bits per heavy atom. The molecule has 0 aliphatic carbocycles. The van der Waals surface area contributed by atoms with Crippen molar-refractivity contribution in [3.05, 3.63) is 63.4 Å². The van der Waals surface area contributed by atoms with E-state index in [1.54, 1.807) is 0 Å². The average Bonchev–Trinajstić information content (AvgIpc) is 2.44. The van der Waals surface area contributed by atoms with E-state index in [0.29, 0.717) is 0 Å². The largest absolute Gasteiger partial charge is 0.352 e. The lowest BCUT2D eigenvalue weighted by molar-refractivity contribution is 0.224. The molecule has 3 nitrogen and oxygen atoms in total. The van der Waals surface area contributed by atoms with Gasteiger partial charge in [0, 0.05) is 30.2 Å². The molecule has 2 heterocycles. The average molecular weight is 279 g/mol. The summed E-state index contributed by atoms with van der Waals surface area (Å²) in [5, 5.41) is 2.07. The van der Waals surface area contributed by atoms with E-state index in [2.05, 4.69) is 63.0 Å². The third-order valence-electron chi connectivity index (χ3n) is 4.51. The van der Waals surface area contributed by atoms with Gasteiger partial charge in [-0.15, -0.1) is 0 Å². The Kier molecular flexibility index (Phi) is 3.08. The summed E-state index contributed by atoms with van der Waals surface area (Å²) in [6.45, 7) is 8.65. The molecule has 0 amide bonds. The quantitative estimate of drug-likeness (QED) is 0.800. The summed E-state index contributed by atoms with van der Waals surface area (Å²) in [6.07, 6.45) is 5.81. The summed E-state index contributed by atoms with van der Waals surface area (Å²) < 4.78 is 0. The zero-order valence-electron chi connectivity index (χ0n) is 13.3. The van der Waals surface area contributed by atoms with Crippen molar-refractivity contribution in [2.45, 2.75) is 33.4 Å². The van der Waals surface area contributed by atoms with Gasteiger partial charge in [0.25, 0.3) is 0 Å². The number of benzene rings is 1. The van der Waals surface area contributed by atoms with Gasteiger partial charge in [0.2, 0.25) is 0 Å². The predicted molar refractivity (Wildman–Crippen MR) is 85.3 cm³/mol. The van der Waals surface area contributed by atoms with Crippen LogP contribution in [0.3, 0.4) is 0 Å². The van der Waals surface area contributed by atoms with Gasteiger partial charge in [-0.25, -0.2) is 0 Å². The van der Waals surface area contributed by atoms with Crippen LogP contribution >= 0.6 is 0 Å². The van der Waals surface area contributed by atoms with E-state index in [1.165, 1.54) is 22.3 Å². The molecule has 1 aliphatic heterocycles. The molecule has 1 aromatic carbocycles. The zero-order valence-corrected chi connectivity index (χ0v) is 13.3. The normalized spacial score (nSPS) is 20.5. The van der Waals surface area contributed by atoms with Gasteiger partial charge in [-0.3, -0.25) is 9.98 Å². The molecule has 0 saturated carbocycles. The number of hydrogen-bond donors (Lipinski definition) is 0. The number of nitrogens with zero attached hydrogens (tertiary/aromatic N) is 3. The molecule has 1 atom stereocenters. The first-order valence-corrected chi connectivity index (χ1v) is 7.25. The minimum absolute atomic E-state index is 0.392. The molecule has 0 fully saturated rings. The van der Waals surface area contributed by atoms with Gasteiger partial charge in [-0.1, -0.05) is 17.7 Å². The SMILES string of the molecule is Cc1cc(C)c(C)c(C2(C)N=c3cnccc3=CN2C)c1. The molecule has 21 heavy (non-hydrogen) atoms. The van der Waals surface area contributed by atoms with Crippen molar-refractivity contribution < 1.29 is 0 Å². The van der Waals surface area contributed by atoms with Crippen molar-refractivity contribution in [2.75, 3.05) is 7.05 Å². The molecule has 1 aromatic heterocycles. The number of pyridine rings is 1. The Bertz CT molecular complexity index is 823. The molecule has 0 bridgehead atoms. The first-order valence-electron chi connectivity index (χ1n) is 7.25. The second kappa shape index (κ2) is 4.69. The highest BCUT2D eigenvalue weighted by Gasteiger charge is 2.32. The van der Waals surface area contributed by atoms with Crippen LogP contribution in [0.2, 0.25) is 0 Å². The molecule has 0 saturated heterocycles. The Morgan fingerprint density at radius 2 is 1.90 bits per heavy atom. The van der Waals surface area contributed by atoms with Crippen LogP contribution < -0.4 is 10.6 Å². The van der Waals surface area contributed by atoms with Crippen LogP contribution in [0.5, 0.6) is 0 Å². The zero-order chi connectivity index (χ0) is 15.2. The summed E-state index contributed by atoms with van der Waals surface area (Å²) in [4.78, 5) is 11.4. The van der Waals surface area contributed by atoms with Crippen molar-refractivity contribution >= 4 is 6.20 Å². The van der Waals surface area contributed by atoms with Gasteiger partial charge in [0.1, 0.15) is 0 Å². The molecule has 3 heteroatoms. The second-order valence-electron chi connectivity index (χ2n) is 6.06. The van der Waals surface area contributed by atoms with Crippen LogP contribution in [0, 0.1) is 20.8 Å². The van der Waals surface area contributed by atoms with E-state index in [-0.39, 0.29) is 0 Å². The number of aryl methyl sites for hydroxylation is 2. The van der Waals surface area contributed by atoms with Crippen LogP contribution in [-0.4, -0.2) is 16.9 Å². The standard InChI is InChI=1S/C18H21N3/c1-12-8-13(2)14(3)16(9-12)18(4)20-17-10-19-7-6-15(17)11-21(18)5/h6-11H,1-5H3. The third kappa shape index (κ3) is 2.13. The molecule has 0 radical (unpaired) electrons. The Hall–Kier alpha value is -2.16. The van der Waals surface area contributed by atoms with E-state index in [4.69, 9.17) is 4.99 Å². The molecule has 2 aromatic rings. The first-order chi connectivity index (χ1) is 9.91. The van der Waals surface area contributed by atoms with Crippen LogP contribution in [0.1, 0.15) is 29.2 Å². The summed E-state index contributed by atoms with van der Waals surface area (Å²) in [5.74, 6) is 0. The van der Waals surface area contributed by atoms with Gasteiger partial charge in [-0.2, -0.15) is 0 Å². The monoisotopic (exact) mass is 279 g/mol. The minimum Gasteiger partial charge on any atom is -0.352 e. The molecule has 0 spiro atoms. The Balaban J connectivity index is 2.30. The van der Waals surface area contributed by atoms with Crippen molar-refractivity contribution in [1.29, 1.82) is 0 Å². The molecule has 108 valence electrons. The van der Waals surface area contributed by atoms with E-state index >= 15 is 0 Å². The molecular formula is C18H21N3. The maximum absolute atomic E-state index is 5.00. The van der Waals surface area contributed by atoms with Crippen LogP contribution in [0.15, 0.2) is 35.6 Å². The van der Waals surface area contributed by atoms with Gasteiger partial charge in [0.15, 0.2) is 5.66 Å². The van der Waals surface area contributed by atoms with Gasteiger partial charge < -0.3 is 4.90 Å². The lowest BCUT2D eigenvalue weighted by Gasteiger charge is -2.38. The van der Waals surface area contributed by atoms with E-state index < -0.39 is 5.66 Å². The van der Waals surface area contributed by atoms with Gasteiger partial charge in [0.05, 0.1) is 11.6 Å². The van der Waals surface area contributed by atoms with Gasteiger partial charge >= 0.3 is 0 Å². The Labute approximate surface area is 125 Å². The summed E-state index contributed by atoms with van der Waals surface area (Å²) in [5.41, 5.74) is 4.76. The number of rotatable bonds is 1. The van der Waals surface area contributed by atoms with Gasteiger partial charge in [-0.05, 0) is 44.9 Å². The summed E-state index contributed by atoms with van der Waals surface area (Å²) in [7, 11) is 2.09. The maximum Gasteiger partial charge on any atom is 0.155 e. The minimum atomic E-state index is -0.392. The van der Waals surface area contributed by atoms with E-state index in [1.807, 2.05) is 18.5 Å². The van der Waals surface area contributed by atoms with E-state index in [9.17, 15) is 0 Å². The predicted octanol–water partition coefficient (Wildman–Crippen LogP) is 2.18. The topological polar surface area (TPSA) is 28.5 Å². The highest BCUT2D eigenvalue weighted by Crippen LogP contribution is 2.33. The molecule has 0 N–H and O–H groups in total. The first kappa shape index (κ1) is 13.8. The maximum atomic E-state index is 5.00. The third-order valence-corrected chi connectivity index (χ3v) is 4.51. The number of aromatic nitrogens is 1. The number of fused-ring (bicyclic) bond motifs is 1. The van der Waals surface area contributed by atoms with Crippen molar-refractivity contribution in [1.82, 2.24) is 9.88 Å². The Morgan fingerprint density at radius 1 is 1.14 bits per heavy atom. The fourth-order valence-electron chi connectivity index (χ4n) is 3.03. The van der Waals surface area contributed by atoms with Crippen molar-refractivity contribution in [3.8, 4) is 0 Å². The van der Waals surface area contributed by atoms with Crippen molar-refractivity contribution in [2.24, 2.45) is 4.99 Å². The highest BCUT2D eigenvalue weighted by atomic mass is 15.3. The van der Waals surface area contributed by atoms with E-state index in [0.717, 1.165) is 10.6 Å². The fourth-order valence-corrected chi connectivity index (χ4v) is 3.03. The molecular weight excluding hydrogens is 258 g/mol. The smallest absolute Gasteiger partial charge is 0.155 e. The van der Waals surface area contributed by atoms with Crippen LogP contribution in [-0.2, 0) is 5.66 Å². The van der Waals surface area contributed by atoms with Crippen LogP contribution in [0.25, 0.3) is 6.20 Å². The molecule has 3 rings (SSSR count). The fraction of sp³-hybridized carbons (Fsp3) is 0.333. The lowest BCUT2D eigenvalue weighted by Crippen LogP contribution is -2.46. The molecule has 1 aliphatic rings. The van der Waals surface area contributed by atoms with Crippen LogP contribution in [0.4, 0.5) is 0 Å². The van der Waals surface area contributed by atoms with Crippen molar-refractivity contribution in [3.63, 3.8) is 0 Å². The lowest BCUT2D eigenvalue weighted by atomic mass is 9.90. The summed E-state index contributed by atoms with van der Waals surface area (Å²) in [6, 6.07) is 6.48. The summed E-state index contributed by atoms with van der Waals surface area (Å²) >= 11 is 0.